The van der Waals surface area contributed by atoms with Gasteiger partial charge in [0, 0.05) is 0 Å². The van der Waals surface area contributed by atoms with E-state index >= 15 is 0 Å². The number of halogens is 1. The number of benzene rings is 4. The summed E-state index contributed by atoms with van der Waals surface area (Å²) in [6.45, 7) is 4.61. The zero-order chi connectivity index (χ0) is 19.6. The summed E-state index contributed by atoms with van der Waals surface area (Å²) in [4.78, 5) is 0. The van der Waals surface area contributed by atoms with Crippen LogP contribution < -0.4 is 33.6 Å². The second-order valence-electron chi connectivity index (χ2n) is 6.46. The molecule has 31 heavy (non-hydrogen) atoms. The largest absolute Gasteiger partial charge is 2.00 e. The first kappa shape index (κ1) is 30.4. The van der Waals surface area contributed by atoms with Gasteiger partial charge >= 0.3 is 40.8 Å². The Morgan fingerprint density at radius 2 is 0.516 bits per heavy atom. The second kappa shape index (κ2) is 16.9. The second-order valence-corrected chi connectivity index (χ2v) is 10.8. The molecule has 5 heteroatoms. The van der Waals surface area contributed by atoms with Crippen molar-refractivity contribution in [2.75, 3.05) is 13.3 Å². The first-order chi connectivity index (χ1) is 13.8. The van der Waals surface area contributed by atoms with Gasteiger partial charge in [-0.1, -0.05) is 121 Å². The Morgan fingerprint density at radius 1 is 0.355 bits per heavy atom. The summed E-state index contributed by atoms with van der Waals surface area (Å²) in [5.74, 6) is 0. The number of rotatable bonds is 4. The van der Waals surface area contributed by atoms with Crippen LogP contribution in [0.25, 0.3) is 0 Å². The summed E-state index contributed by atoms with van der Waals surface area (Å²) in [6, 6.07) is 42.8. The molecule has 4 rings (SSSR count). The number of hydrogen-bond acceptors (Lipinski definition) is 0. The molecule has 0 atom stereocenters. The van der Waals surface area contributed by atoms with Crippen LogP contribution in [0.1, 0.15) is 0 Å². The van der Waals surface area contributed by atoms with Crippen LogP contribution in [-0.4, -0.2) is 13.3 Å². The molecule has 4 aromatic carbocycles. The molecule has 0 amide bonds. The third-order valence-electron chi connectivity index (χ3n) is 4.57. The Bertz CT molecular complexity index is 780. The zero-order valence-electron chi connectivity index (χ0n) is 17.5. The van der Waals surface area contributed by atoms with Crippen molar-refractivity contribution in [3.05, 3.63) is 121 Å². The fraction of sp³-hybridized carbons (Fsp3) is 0.0769. The third kappa shape index (κ3) is 9.80. The van der Waals surface area contributed by atoms with E-state index in [-0.39, 0.29) is 69.1 Å². The Labute approximate surface area is 223 Å². The molecule has 0 nitrogen and oxygen atoms in total. The predicted molar refractivity (Wildman–Crippen MR) is 130 cm³/mol. The van der Waals surface area contributed by atoms with Crippen LogP contribution in [0.2, 0.25) is 0 Å². The zero-order valence-corrected chi connectivity index (χ0v) is 23.1. The van der Waals surface area contributed by atoms with E-state index in [1.165, 1.54) is 21.2 Å². The molecule has 0 bridgehead atoms. The molecule has 0 saturated carbocycles. The minimum atomic E-state index is -0.171. The van der Waals surface area contributed by atoms with Crippen LogP contribution in [0.5, 0.6) is 0 Å². The van der Waals surface area contributed by atoms with Gasteiger partial charge in [-0.3, -0.25) is 0 Å². The molecular formula is C26H26ClP2Pd2+3. The molecule has 0 aromatic heterocycles. The molecule has 0 aliphatic heterocycles. The van der Waals surface area contributed by atoms with E-state index in [2.05, 4.69) is 135 Å². The summed E-state index contributed by atoms with van der Waals surface area (Å²) in [7, 11) is -0.342. The van der Waals surface area contributed by atoms with Gasteiger partial charge in [0.25, 0.3) is 0 Å². The van der Waals surface area contributed by atoms with E-state index in [1.807, 2.05) is 0 Å². The molecule has 164 valence electrons. The van der Waals surface area contributed by atoms with Crippen molar-refractivity contribution in [1.29, 1.82) is 0 Å². The van der Waals surface area contributed by atoms with E-state index in [1.54, 1.807) is 0 Å². The van der Waals surface area contributed by atoms with E-state index in [9.17, 15) is 0 Å². The Kier molecular flexibility index (Phi) is 16.6. The standard InChI is InChI=1S/2C13H13P.ClH.2Pd/c2*1-14(12-8-4-2-5-9-12)13-10-6-3-7-11-13;;;/h2*2-11H,1H3;1H;;/q;;;2*+2/p-1. The average Bonchev–Trinajstić information content (AvgIpc) is 2.81. The van der Waals surface area contributed by atoms with E-state index < -0.39 is 0 Å². The molecule has 4 aromatic rings. The van der Waals surface area contributed by atoms with E-state index in [0.717, 1.165) is 0 Å². The fourth-order valence-electron chi connectivity index (χ4n) is 2.90. The quantitative estimate of drug-likeness (QED) is 0.236. The summed E-state index contributed by atoms with van der Waals surface area (Å²) >= 11 is 0. The monoisotopic (exact) mass is 647 g/mol. The van der Waals surface area contributed by atoms with Gasteiger partial charge in [-0.2, -0.15) is 0 Å². The van der Waals surface area contributed by atoms with Crippen molar-refractivity contribution < 1.29 is 53.3 Å². The molecule has 0 unspecified atom stereocenters. The topological polar surface area (TPSA) is 0 Å². The van der Waals surface area contributed by atoms with Gasteiger partial charge in [-0.05, 0) is 50.4 Å². The van der Waals surface area contributed by atoms with Gasteiger partial charge in [0.15, 0.2) is 0 Å². The van der Waals surface area contributed by atoms with Gasteiger partial charge in [0.2, 0.25) is 0 Å². The predicted octanol–water partition coefficient (Wildman–Crippen LogP) is 2.50. The van der Waals surface area contributed by atoms with Crippen molar-refractivity contribution >= 4 is 37.1 Å². The van der Waals surface area contributed by atoms with Crippen molar-refractivity contribution in [1.82, 2.24) is 0 Å². The van der Waals surface area contributed by atoms with Crippen LogP contribution in [0.15, 0.2) is 121 Å². The molecule has 0 saturated heterocycles. The van der Waals surface area contributed by atoms with Crippen molar-refractivity contribution in [2.45, 2.75) is 0 Å². The van der Waals surface area contributed by atoms with E-state index in [4.69, 9.17) is 0 Å². The van der Waals surface area contributed by atoms with Crippen molar-refractivity contribution in [3.8, 4) is 0 Å². The Hall–Kier alpha value is -0.645. The van der Waals surface area contributed by atoms with Crippen LogP contribution in [0.3, 0.4) is 0 Å². The summed E-state index contributed by atoms with van der Waals surface area (Å²) in [5.41, 5.74) is 0. The minimum Gasteiger partial charge on any atom is -1.00 e. The first-order valence-electron chi connectivity index (χ1n) is 9.43. The molecule has 0 spiro atoms. The maximum absolute atomic E-state index is 2.31. The van der Waals surface area contributed by atoms with Gasteiger partial charge < -0.3 is 12.4 Å². The number of hydrogen-bond donors (Lipinski definition) is 0. The smallest absolute Gasteiger partial charge is 1.00 e. The van der Waals surface area contributed by atoms with Crippen LogP contribution in [0.4, 0.5) is 0 Å². The fourth-order valence-corrected chi connectivity index (χ4v) is 5.98. The Morgan fingerprint density at radius 3 is 0.677 bits per heavy atom. The molecule has 0 fully saturated rings. The maximum atomic E-state index is 2.31. The average molecular weight is 649 g/mol. The van der Waals surface area contributed by atoms with Gasteiger partial charge in [0.05, 0.1) is 0 Å². The molecule has 0 aliphatic rings. The third-order valence-corrected chi connectivity index (χ3v) is 8.86. The molecule has 0 heterocycles. The maximum Gasteiger partial charge on any atom is 2.00 e. The van der Waals surface area contributed by atoms with Crippen molar-refractivity contribution in [3.63, 3.8) is 0 Å². The van der Waals surface area contributed by atoms with Crippen molar-refractivity contribution in [2.24, 2.45) is 0 Å². The van der Waals surface area contributed by atoms with E-state index in [0.29, 0.717) is 0 Å². The molecule has 0 radical (unpaired) electrons. The Balaban J connectivity index is 0.000000529. The SMILES string of the molecule is CP(c1ccccc1)c1ccccc1.CP(c1ccccc1)c1ccccc1.[Cl-].[Pd+2].[Pd+2]. The summed E-state index contributed by atoms with van der Waals surface area (Å²) in [5, 5.41) is 5.75. The molecule has 0 N–H and O–H groups in total. The normalized spacial score (nSPS) is 9.42. The minimum absolute atomic E-state index is 0. The van der Waals surface area contributed by atoms with Crippen LogP contribution in [-0.2, 0) is 40.8 Å². The first-order valence-corrected chi connectivity index (χ1v) is 13.0. The van der Waals surface area contributed by atoms with Crippen LogP contribution in [0, 0.1) is 0 Å². The van der Waals surface area contributed by atoms with Gasteiger partial charge in [-0.15, -0.1) is 0 Å². The summed E-state index contributed by atoms with van der Waals surface area (Å²) < 4.78 is 0. The summed E-state index contributed by atoms with van der Waals surface area (Å²) in [6.07, 6.45) is 0. The molecule has 0 aliphatic carbocycles. The van der Waals surface area contributed by atoms with Gasteiger partial charge in [0.1, 0.15) is 0 Å². The van der Waals surface area contributed by atoms with Crippen LogP contribution >= 0.6 is 15.8 Å². The van der Waals surface area contributed by atoms with Gasteiger partial charge in [-0.25, -0.2) is 0 Å². The molecular weight excluding hydrogens is 623 g/mol.